The summed E-state index contributed by atoms with van der Waals surface area (Å²) in [5, 5.41) is 3.03. The van der Waals surface area contributed by atoms with Gasteiger partial charge < -0.3 is 19.5 Å². The third kappa shape index (κ3) is 4.69. The number of hydrogen-bond acceptors (Lipinski definition) is 4. The van der Waals surface area contributed by atoms with Crippen LogP contribution < -0.4 is 19.5 Å². The third-order valence-corrected chi connectivity index (χ3v) is 4.34. The van der Waals surface area contributed by atoms with E-state index in [1.54, 1.807) is 27.4 Å². The first kappa shape index (κ1) is 19.6. The summed E-state index contributed by atoms with van der Waals surface area (Å²) in [6.45, 7) is 2.44. The minimum atomic E-state index is -0.160. The lowest BCUT2D eigenvalue weighted by atomic mass is 9.93. The van der Waals surface area contributed by atoms with Crippen LogP contribution in [0.15, 0.2) is 42.5 Å². The molecule has 0 saturated carbocycles. The second-order valence-corrected chi connectivity index (χ2v) is 5.99. The van der Waals surface area contributed by atoms with Crippen molar-refractivity contribution in [2.75, 3.05) is 21.3 Å². The molecule has 0 bridgehead atoms. The van der Waals surface area contributed by atoms with E-state index in [0.717, 1.165) is 24.0 Å². The van der Waals surface area contributed by atoms with Crippen molar-refractivity contribution in [1.29, 1.82) is 0 Å². The van der Waals surface area contributed by atoms with E-state index in [1.165, 1.54) is 0 Å². The Hall–Kier alpha value is -2.69. The molecule has 0 aromatic heterocycles. The number of nitrogens with one attached hydrogen (secondary N) is 1. The highest BCUT2D eigenvalue weighted by Gasteiger charge is 2.20. The van der Waals surface area contributed by atoms with E-state index in [1.807, 2.05) is 36.4 Å². The van der Waals surface area contributed by atoms with Crippen LogP contribution in [0.4, 0.5) is 0 Å². The summed E-state index contributed by atoms with van der Waals surface area (Å²) in [6, 6.07) is 13.5. The number of methoxy groups -OCH3 is 3. The van der Waals surface area contributed by atoms with Crippen molar-refractivity contribution in [3.63, 3.8) is 0 Å². The van der Waals surface area contributed by atoms with Gasteiger partial charge in [-0.3, -0.25) is 4.79 Å². The number of hydrogen-bond donors (Lipinski definition) is 1. The van der Waals surface area contributed by atoms with Gasteiger partial charge >= 0.3 is 0 Å². The fourth-order valence-corrected chi connectivity index (χ4v) is 2.96. The average Bonchev–Trinajstić information content (AvgIpc) is 2.70. The summed E-state index contributed by atoms with van der Waals surface area (Å²) in [7, 11) is 4.75. The molecule has 2 aromatic rings. The Kier molecular flexibility index (Phi) is 7.33. The summed E-state index contributed by atoms with van der Waals surface area (Å²) >= 11 is 0. The fraction of sp³-hybridized carbons (Fsp3) is 0.381. The van der Waals surface area contributed by atoms with E-state index in [9.17, 15) is 4.79 Å². The normalized spacial score (nSPS) is 11.5. The van der Waals surface area contributed by atoms with Gasteiger partial charge in [-0.25, -0.2) is 0 Å². The summed E-state index contributed by atoms with van der Waals surface area (Å²) in [5.41, 5.74) is 1.87. The molecular weight excluding hydrogens is 330 g/mol. The molecular formula is C21H27NO4. The van der Waals surface area contributed by atoms with Crippen LogP contribution in [0.2, 0.25) is 0 Å². The van der Waals surface area contributed by atoms with Crippen LogP contribution >= 0.6 is 0 Å². The zero-order valence-electron chi connectivity index (χ0n) is 15.9. The number of carbonyl (C=O) groups excluding carboxylic acids is 1. The third-order valence-electron chi connectivity index (χ3n) is 4.34. The van der Waals surface area contributed by atoms with Gasteiger partial charge in [0.15, 0.2) is 11.5 Å². The van der Waals surface area contributed by atoms with Crippen LogP contribution in [0.3, 0.4) is 0 Å². The van der Waals surface area contributed by atoms with Crippen LogP contribution in [0, 0.1) is 0 Å². The van der Waals surface area contributed by atoms with Crippen molar-refractivity contribution in [2.24, 2.45) is 0 Å². The lowest BCUT2D eigenvalue weighted by Crippen LogP contribution is -2.29. The molecule has 0 fully saturated rings. The molecule has 2 rings (SSSR count). The molecule has 0 aliphatic rings. The maximum Gasteiger partial charge on any atom is 0.227 e. The van der Waals surface area contributed by atoms with Gasteiger partial charge in [0.25, 0.3) is 0 Å². The summed E-state index contributed by atoms with van der Waals surface area (Å²) < 4.78 is 16.1. The first-order valence-electron chi connectivity index (χ1n) is 8.76. The van der Waals surface area contributed by atoms with Crippen LogP contribution in [0.1, 0.15) is 36.8 Å². The maximum atomic E-state index is 12.8. The van der Waals surface area contributed by atoms with Gasteiger partial charge in [-0.1, -0.05) is 43.7 Å². The number of amides is 1. The van der Waals surface area contributed by atoms with E-state index in [0.29, 0.717) is 23.8 Å². The Labute approximate surface area is 155 Å². The van der Waals surface area contributed by atoms with E-state index < -0.39 is 0 Å². The highest BCUT2D eigenvalue weighted by Crippen LogP contribution is 2.34. The number of rotatable bonds is 9. The first-order valence-corrected chi connectivity index (χ1v) is 8.76. The van der Waals surface area contributed by atoms with E-state index in [-0.39, 0.29) is 11.8 Å². The van der Waals surface area contributed by atoms with Crippen LogP contribution in [0.25, 0.3) is 0 Å². The molecule has 0 saturated heterocycles. The van der Waals surface area contributed by atoms with Crippen LogP contribution in [-0.2, 0) is 11.3 Å². The molecule has 2 aromatic carbocycles. The van der Waals surface area contributed by atoms with Gasteiger partial charge in [-0.15, -0.1) is 0 Å². The van der Waals surface area contributed by atoms with Crippen molar-refractivity contribution < 1.29 is 19.0 Å². The Morgan fingerprint density at radius 3 is 2.15 bits per heavy atom. The predicted octanol–water partition coefficient (Wildman–Crippen LogP) is 3.91. The minimum absolute atomic E-state index is 0.00916. The molecule has 0 aliphatic heterocycles. The molecule has 0 radical (unpaired) electrons. The molecule has 1 amide bonds. The Balaban J connectivity index is 2.17. The molecule has 26 heavy (non-hydrogen) atoms. The van der Waals surface area contributed by atoms with Gasteiger partial charge in [0.1, 0.15) is 5.75 Å². The van der Waals surface area contributed by atoms with Crippen molar-refractivity contribution in [3.8, 4) is 17.2 Å². The van der Waals surface area contributed by atoms with Gasteiger partial charge in [0.05, 0.1) is 27.2 Å². The zero-order valence-corrected chi connectivity index (χ0v) is 15.9. The largest absolute Gasteiger partial charge is 0.496 e. The highest BCUT2D eigenvalue weighted by atomic mass is 16.5. The SMILES string of the molecule is CCC[C@H](C(=O)NCc1cc(OC)c(OC)cc1OC)c1ccccc1. The second-order valence-electron chi connectivity index (χ2n) is 5.99. The quantitative estimate of drug-likeness (QED) is 0.739. The summed E-state index contributed by atoms with van der Waals surface area (Å²) in [5.74, 6) is 1.69. The van der Waals surface area contributed by atoms with Crippen molar-refractivity contribution in [3.05, 3.63) is 53.6 Å². The summed E-state index contributed by atoms with van der Waals surface area (Å²) in [6.07, 6.45) is 1.74. The molecule has 1 N–H and O–H groups in total. The summed E-state index contributed by atoms with van der Waals surface area (Å²) in [4.78, 5) is 12.8. The second kappa shape index (κ2) is 9.70. The molecule has 5 nitrogen and oxygen atoms in total. The minimum Gasteiger partial charge on any atom is -0.496 e. The Bertz CT molecular complexity index is 715. The standard InChI is InChI=1S/C21H27NO4/c1-5-9-17(15-10-7-6-8-11-15)21(23)22-14-16-12-19(25-3)20(26-4)13-18(16)24-2/h6-8,10-13,17H,5,9,14H2,1-4H3,(H,22,23)/t17-/m0/s1. The number of benzene rings is 2. The maximum absolute atomic E-state index is 12.8. The number of carbonyl (C=O) groups is 1. The Morgan fingerprint density at radius 2 is 1.58 bits per heavy atom. The van der Waals surface area contributed by atoms with Gasteiger partial charge in [0, 0.05) is 18.2 Å². The van der Waals surface area contributed by atoms with Crippen LogP contribution in [-0.4, -0.2) is 27.2 Å². The monoisotopic (exact) mass is 357 g/mol. The van der Waals surface area contributed by atoms with Gasteiger partial charge in [0.2, 0.25) is 5.91 Å². The van der Waals surface area contributed by atoms with E-state index >= 15 is 0 Å². The van der Waals surface area contributed by atoms with Crippen molar-refractivity contribution in [2.45, 2.75) is 32.2 Å². The number of ether oxygens (including phenoxy) is 3. The highest BCUT2D eigenvalue weighted by molar-refractivity contribution is 5.83. The lowest BCUT2D eigenvalue weighted by Gasteiger charge is -2.18. The average molecular weight is 357 g/mol. The Morgan fingerprint density at radius 1 is 0.962 bits per heavy atom. The topological polar surface area (TPSA) is 56.8 Å². The van der Waals surface area contributed by atoms with Crippen molar-refractivity contribution in [1.82, 2.24) is 5.32 Å². The van der Waals surface area contributed by atoms with Crippen LogP contribution in [0.5, 0.6) is 17.2 Å². The van der Waals surface area contributed by atoms with Gasteiger partial charge in [-0.2, -0.15) is 0 Å². The molecule has 140 valence electrons. The molecule has 0 spiro atoms. The molecule has 0 aliphatic carbocycles. The van der Waals surface area contributed by atoms with Crippen molar-refractivity contribution >= 4 is 5.91 Å². The van der Waals surface area contributed by atoms with E-state index in [4.69, 9.17) is 14.2 Å². The molecule has 0 unspecified atom stereocenters. The molecule has 5 heteroatoms. The van der Waals surface area contributed by atoms with E-state index in [2.05, 4.69) is 12.2 Å². The molecule has 1 atom stereocenters. The fourth-order valence-electron chi connectivity index (χ4n) is 2.96. The zero-order chi connectivity index (χ0) is 18.9. The lowest BCUT2D eigenvalue weighted by molar-refractivity contribution is -0.122. The molecule has 0 heterocycles. The first-order chi connectivity index (χ1) is 12.6. The van der Waals surface area contributed by atoms with Gasteiger partial charge in [-0.05, 0) is 18.1 Å². The smallest absolute Gasteiger partial charge is 0.227 e. The predicted molar refractivity (Wildman–Crippen MR) is 102 cm³/mol.